The highest BCUT2D eigenvalue weighted by Gasteiger charge is 1.99. The van der Waals surface area contributed by atoms with Crippen molar-refractivity contribution in [3.63, 3.8) is 0 Å². The maximum atomic E-state index is 5.14. The third kappa shape index (κ3) is 24.9. The summed E-state index contributed by atoms with van der Waals surface area (Å²) in [6, 6.07) is 0. The summed E-state index contributed by atoms with van der Waals surface area (Å²) in [4.78, 5) is 0. The molecule has 138 valence electrons. The second-order valence-corrected chi connectivity index (χ2v) is 5.46. The Morgan fingerprint density at radius 2 is 1.05 bits per heavy atom. The van der Waals surface area contributed by atoms with E-state index >= 15 is 0 Å². The minimum Gasteiger partial charge on any atom is -0.385 e. The summed E-state index contributed by atoms with van der Waals surface area (Å²) in [5.41, 5.74) is 0. The third-order valence-corrected chi connectivity index (χ3v) is 3.50. The number of methoxy groups -OCH3 is 3. The first-order valence-electron chi connectivity index (χ1n) is 9.15. The van der Waals surface area contributed by atoms with Crippen LogP contribution >= 0.6 is 0 Å². The fraction of sp³-hybridized carbons (Fsp3) is 1.00. The van der Waals surface area contributed by atoms with Gasteiger partial charge >= 0.3 is 0 Å². The average molecular weight is 321 g/mol. The van der Waals surface area contributed by atoms with Crippen LogP contribution in [0.2, 0.25) is 0 Å². The zero-order valence-electron chi connectivity index (χ0n) is 16.7. The summed E-state index contributed by atoms with van der Waals surface area (Å²) >= 11 is 0. The van der Waals surface area contributed by atoms with Crippen molar-refractivity contribution in [2.75, 3.05) is 27.9 Å². The Morgan fingerprint density at radius 3 is 1.14 bits per heavy atom. The molecule has 0 aliphatic heterocycles. The molecule has 0 saturated heterocycles. The van der Waals surface area contributed by atoms with E-state index in [4.69, 9.17) is 14.2 Å². The zero-order chi connectivity index (χ0) is 17.6. The van der Waals surface area contributed by atoms with Gasteiger partial charge in [0.1, 0.15) is 0 Å². The molecule has 0 aromatic carbocycles. The van der Waals surface area contributed by atoms with Crippen LogP contribution in [0.3, 0.4) is 0 Å². The van der Waals surface area contributed by atoms with Gasteiger partial charge < -0.3 is 14.2 Å². The Morgan fingerprint density at radius 1 is 0.636 bits per heavy atom. The highest BCUT2D eigenvalue weighted by molar-refractivity contribution is 4.51. The number of hydrogen-bond donors (Lipinski definition) is 0. The molecule has 3 heteroatoms. The quantitative estimate of drug-likeness (QED) is 0.446. The Hall–Kier alpha value is -0.120. The molecule has 0 radical (unpaired) electrons. The highest BCUT2D eigenvalue weighted by atomic mass is 16.5. The molecule has 0 fully saturated rings. The van der Waals surface area contributed by atoms with Gasteiger partial charge in [-0.05, 0) is 32.1 Å². The summed E-state index contributed by atoms with van der Waals surface area (Å²) in [6.45, 7) is 11.7. The monoisotopic (exact) mass is 320 g/mol. The molecule has 0 spiro atoms. The Kier molecular flexibility index (Phi) is 31.4. The van der Waals surface area contributed by atoms with Crippen LogP contribution < -0.4 is 0 Å². The lowest BCUT2D eigenvalue weighted by Crippen LogP contribution is -2.07. The van der Waals surface area contributed by atoms with Gasteiger partial charge in [0.25, 0.3) is 0 Å². The van der Waals surface area contributed by atoms with Gasteiger partial charge in [-0.2, -0.15) is 0 Å². The predicted octanol–water partition coefficient (Wildman–Crippen LogP) is 5.86. The predicted molar refractivity (Wildman–Crippen MR) is 98.8 cm³/mol. The first kappa shape index (κ1) is 26.8. The second kappa shape index (κ2) is 25.8. The molecule has 0 rings (SSSR count). The fourth-order valence-electron chi connectivity index (χ4n) is 1.91. The maximum Gasteiger partial charge on any atom is 0.0568 e. The molecule has 0 saturated carbocycles. The molecular weight excluding hydrogens is 276 g/mol. The van der Waals surface area contributed by atoms with E-state index in [1.165, 1.54) is 38.5 Å². The van der Waals surface area contributed by atoms with Crippen molar-refractivity contribution in [3.8, 4) is 0 Å². The minimum absolute atomic E-state index is 0.500. The fourth-order valence-corrected chi connectivity index (χ4v) is 1.91. The van der Waals surface area contributed by atoms with Gasteiger partial charge in [-0.1, -0.05) is 53.9 Å². The van der Waals surface area contributed by atoms with Crippen LogP contribution in [-0.2, 0) is 14.2 Å². The molecule has 0 N–H and O–H groups in total. The molecule has 2 atom stereocenters. The Balaban J connectivity index is -0.000000249. The summed E-state index contributed by atoms with van der Waals surface area (Å²) < 4.78 is 15.1. The molecule has 0 aliphatic rings. The van der Waals surface area contributed by atoms with Crippen LogP contribution in [-0.4, -0.2) is 40.1 Å². The van der Waals surface area contributed by atoms with Gasteiger partial charge in [0.05, 0.1) is 12.2 Å². The van der Waals surface area contributed by atoms with Crippen LogP contribution in [0.15, 0.2) is 0 Å². The van der Waals surface area contributed by atoms with Gasteiger partial charge in [-0.3, -0.25) is 0 Å². The van der Waals surface area contributed by atoms with Crippen molar-refractivity contribution in [1.29, 1.82) is 0 Å². The topological polar surface area (TPSA) is 27.7 Å². The number of rotatable bonds is 11. The van der Waals surface area contributed by atoms with Gasteiger partial charge in [0.15, 0.2) is 0 Å². The molecule has 0 heterocycles. The normalized spacial score (nSPS) is 12.5. The van der Waals surface area contributed by atoms with Gasteiger partial charge in [0, 0.05) is 27.9 Å². The van der Waals surface area contributed by atoms with Crippen molar-refractivity contribution < 1.29 is 14.2 Å². The smallest absolute Gasteiger partial charge is 0.0568 e. The number of unbranched alkanes of at least 4 members (excludes halogenated alkanes) is 1. The van der Waals surface area contributed by atoms with Crippen molar-refractivity contribution in [3.05, 3.63) is 0 Å². The van der Waals surface area contributed by atoms with E-state index in [9.17, 15) is 0 Å². The summed E-state index contributed by atoms with van der Waals surface area (Å²) in [5, 5.41) is 0. The first-order valence-corrected chi connectivity index (χ1v) is 9.15. The van der Waals surface area contributed by atoms with Crippen LogP contribution in [0.25, 0.3) is 0 Å². The molecule has 22 heavy (non-hydrogen) atoms. The standard InChI is InChI=1S/2C7H16O.C5H12O/c2*1-4-6-7(5-2)8-3;1-3-4-5-6-2/h2*7H,4-6H2,1-3H3;3-5H2,1-2H3. The molecule has 2 unspecified atom stereocenters. The van der Waals surface area contributed by atoms with E-state index < -0.39 is 0 Å². The average Bonchev–Trinajstić information content (AvgIpc) is 2.56. The van der Waals surface area contributed by atoms with E-state index in [0.717, 1.165) is 19.4 Å². The van der Waals surface area contributed by atoms with Crippen molar-refractivity contribution in [1.82, 2.24) is 0 Å². The van der Waals surface area contributed by atoms with Crippen LogP contribution in [0.5, 0.6) is 0 Å². The van der Waals surface area contributed by atoms with Crippen LogP contribution in [0, 0.1) is 0 Å². The molecule has 3 nitrogen and oxygen atoms in total. The SMILES string of the molecule is CCCC(CC)OC.CCCC(CC)OC.CCCCOC. The van der Waals surface area contributed by atoms with E-state index in [1.54, 1.807) is 21.3 Å². The van der Waals surface area contributed by atoms with Gasteiger partial charge in [-0.15, -0.1) is 0 Å². The Bertz CT molecular complexity index is 137. The molecule has 0 aromatic rings. The number of ether oxygens (including phenoxy) is 3. The molecule has 0 amide bonds. The lowest BCUT2D eigenvalue weighted by molar-refractivity contribution is 0.0915. The second-order valence-electron chi connectivity index (χ2n) is 5.46. The third-order valence-electron chi connectivity index (χ3n) is 3.50. The Labute approximate surface area is 141 Å². The van der Waals surface area contributed by atoms with E-state index in [2.05, 4.69) is 34.6 Å². The highest BCUT2D eigenvalue weighted by Crippen LogP contribution is 2.04. The zero-order valence-corrected chi connectivity index (χ0v) is 16.7. The number of hydrogen-bond acceptors (Lipinski definition) is 3. The summed E-state index contributed by atoms with van der Waals surface area (Å²) in [5.74, 6) is 0. The van der Waals surface area contributed by atoms with E-state index in [-0.39, 0.29) is 0 Å². The van der Waals surface area contributed by atoms with Crippen molar-refractivity contribution >= 4 is 0 Å². The molecule has 0 aromatic heterocycles. The van der Waals surface area contributed by atoms with E-state index in [1.807, 2.05) is 0 Å². The van der Waals surface area contributed by atoms with Gasteiger partial charge in [0.2, 0.25) is 0 Å². The molecule has 0 bridgehead atoms. The van der Waals surface area contributed by atoms with Crippen LogP contribution in [0.4, 0.5) is 0 Å². The summed E-state index contributed by atoms with van der Waals surface area (Å²) in [7, 11) is 5.29. The van der Waals surface area contributed by atoms with Crippen LogP contribution in [0.1, 0.15) is 86.0 Å². The lowest BCUT2D eigenvalue weighted by Gasteiger charge is -2.09. The van der Waals surface area contributed by atoms with Crippen molar-refractivity contribution in [2.45, 2.75) is 98.2 Å². The first-order chi connectivity index (χ1) is 10.6. The van der Waals surface area contributed by atoms with E-state index in [0.29, 0.717) is 12.2 Å². The lowest BCUT2D eigenvalue weighted by atomic mass is 10.2. The minimum atomic E-state index is 0.500. The largest absolute Gasteiger partial charge is 0.385 e. The molecule has 0 aliphatic carbocycles. The van der Waals surface area contributed by atoms with Gasteiger partial charge in [-0.25, -0.2) is 0 Å². The maximum absolute atomic E-state index is 5.14. The molecular formula is C19H44O3. The van der Waals surface area contributed by atoms with Crippen molar-refractivity contribution in [2.24, 2.45) is 0 Å². The summed E-state index contributed by atoms with van der Waals surface area (Å²) in [6.07, 6.45) is 10.6.